The number of amides is 1. The summed E-state index contributed by atoms with van der Waals surface area (Å²) in [6, 6.07) is 2.76. The van der Waals surface area contributed by atoms with E-state index in [1.165, 1.54) is 0 Å². The predicted octanol–water partition coefficient (Wildman–Crippen LogP) is 1.39. The number of carbonyl (C=O) groups excluding carboxylic acids is 1. The second-order valence-electron chi connectivity index (χ2n) is 5.74. The van der Waals surface area contributed by atoms with E-state index in [9.17, 15) is 4.79 Å². The Labute approximate surface area is 125 Å². The van der Waals surface area contributed by atoms with Crippen LogP contribution in [0, 0.1) is 25.2 Å². The van der Waals surface area contributed by atoms with E-state index in [2.05, 4.69) is 35.5 Å². The number of aryl methyl sites for hydroxylation is 1. The third-order valence-corrected chi connectivity index (χ3v) is 3.99. The summed E-state index contributed by atoms with van der Waals surface area (Å²) in [7, 11) is 0. The van der Waals surface area contributed by atoms with E-state index in [1.807, 2.05) is 6.92 Å². The largest absolute Gasteiger partial charge is 0.444 e. The molecule has 0 radical (unpaired) electrons. The number of hydrogen-bond donors (Lipinski definition) is 2. The van der Waals surface area contributed by atoms with Crippen LogP contribution < -0.4 is 10.6 Å². The van der Waals surface area contributed by atoms with Gasteiger partial charge >= 0.3 is 0 Å². The average molecular weight is 290 g/mol. The molecule has 1 aliphatic rings. The molecule has 1 fully saturated rings. The maximum atomic E-state index is 12.2. The van der Waals surface area contributed by atoms with Crippen molar-refractivity contribution < 1.29 is 9.21 Å². The van der Waals surface area contributed by atoms with E-state index in [4.69, 9.17) is 9.68 Å². The molecule has 2 rings (SSSR count). The first-order valence-corrected chi connectivity index (χ1v) is 7.19. The summed E-state index contributed by atoms with van der Waals surface area (Å²) in [4.78, 5) is 14.3. The van der Waals surface area contributed by atoms with Crippen molar-refractivity contribution in [3.63, 3.8) is 0 Å². The van der Waals surface area contributed by atoms with Crippen molar-refractivity contribution in [1.82, 2.24) is 10.2 Å². The highest BCUT2D eigenvalue weighted by atomic mass is 16.4. The number of carbonyl (C=O) groups is 1. The second kappa shape index (κ2) is 6.29. The molecule has 1 aromatic heterocycles. The molecule has 2 N–H and O–H groups in total. The number of nitrogens with one attached hydrogen (secondary N) is 2. The molecule has 1 aliphatic heterocycles. The minimum Gasteiger partial charge on any atom is -0.444 e. The molecule has 1 aromatic rings. The third kappa shape index (κ3) is 3.43. The van der Waals surface area contributed by atoms with Crippen molar-refractivity contribution in [2.75, 3.05) is 25.0 Å². The first-order chi connectivity index (χ1) is 9.92. The number of nitrogens with zero attached hydrogens (tertiary/aromatic N) is 2. The molecule has 0 bridgehead atoms. The van der Waals surface area contributed by atoms with Crippen LogP contribution in [0.15, 0.2) is 4.42 Å². The van der Waals surface area contributed by atoms with Gasteiger partial charge in [0.25, 0.3) is 0 Å². The van der Waals surface area contributed by atoms with Crippen molar-refractivity contribution in [1.29, 1.82) is 5.26 Å². The zero-order chi connectivity index (χ0) is 15.6. The van der Waals surface area contributed by atoms with Crippen LogP contribution in [0.25, 0.3) is 0 Å². The Bertz CT molecular complexity index is 573. The van der Waals surface area contributed by atoms with Crippen molar-refractivity contribution in [3.8, 4) is 6.07 Å². The molecule has 6 heteroatoms. The molecule has 0 aromatic carbocycles. The van der Waals surface area contributed by atoms with Gasteiger partial charge in [-0.15, -0.1) is 0 Å². The molecule has 114 valence electrons. The minimum absolute atomic E-state index is 0.152. The van der Waals surface area contributed by atoms with Crippen LogP contribution in [-0.2, 0) is 4.79 Å². The van der Waals surface area contributed by atoms with E-state index in [-0.39, 0.29) is 11.8 Å². The molecular formula is C15H22N4O2. The van der Waals surface area contributed by atoms with Gasteiger partial charge in [-0.2, -0.15) is 5.26 Å². The Morgan fingerprint density at radius 1 is 1.52 bits per heavy atom. The number of rotatable bonds is 3. The summed E-state index contributed by atoms with van der Waals surface area (Å²) in [6.45, 7) is 9.79. The highest BCUT2D eigenvalue weighted by Gasteiger charge is 2.25. The number of anilines is 1. The van der Waals surface area contributed by atoms with Crippen LogP contribution in [0.3, 0.4) is 0 Å². The summed E-state index contributed by atoms with van der Waals surface area (Å²) in [6.07, 6.45) is 0. The van der Waals surface area contributed by atoms with Gasteiger partial charge in [-0.1, -0.05) is 0 Å². The van der Waals surface area contributed by atoms with Crippen molar-refractivity contribution in [2.45, 2.75) is 39.8 Å². The van der Waals surface area contributed by atoms with Crippen molar-refractivity contribution in [2.24, 2.45) is 0 Å². The maximum Gasteiger partial charge on any atom is 0.240 e. The quantitative estimate of drug-likeness (QED) is 0.879. The lowest BCUT2D eigenvalue weighted by Gasteiger charge is -2.36. The number of furan rings is 1. The van der Waals surface area contributed by atoms with Crippen LogP contribution in [0.1, 0.15) is 30.7 Å². The van der Waals surface area contributed by atoms with Gasteiger partial charge in [0.1, 0.15) is 17.4 Å². The second-order valence-corrected chi connectivity index (χ2v) is 5.74. The lowest BCUT2D eigenvalue weighted by molar-refractivity contribution is -0.118. The van der Waals surface area contributed by atoms with Crippen LogP contribution >= 0.6 is 0 Å². The van der Waals surface area contributed by atoms with Crippen LogP contribution in [0.5, 0.6) is 0 Å². The van der Waals surface area contributed by atoms with E-state index in [1.54, 1.807) is 6.92 Å². The monoisotopic (exact) mass is 290 g/mol. The van der Waals surface area contributed by atoms with E-state index < -0.39 is 0 Å². The van der Waals surface area contributed by atoms with Gasteiger partial charge in [0, 0.05) is 30.7 Å². The van der Waals surface area contributed by atoms with Gasteiger partial charge in [0.2, 0.25) is 11.8 Å². The molecular weight excluding hydrogens is 268 g/mol. The zero-order valence-corrected chi connectivity index (χ0v) is 13.0. The average Bonchev–Trinajstić information content (AvgIpc) is 2.68. The number of piperazine rings is 1. The molecule has 2 unspecified atom stereocenters. The van der Waals surface area contributed by atoms with Crippen LogP contribution in [0.4, 0.5) is 5.88 Å². The first-order valence-electron chi connectivity index (χ1n) is 7.19. The van der Waals surface area contributed by atoms with Crippen LogP contribution in [0.2, 0.25) is 0 Å². The summed E-state index contributed by atoms with van der Waals surface area (Å²) < 4.78 is 5.46. The highest BCUT2D eigenvalue weighted by molar-refractivity contribution is 5.92. The maximum absolute atomic E-state index is 12.2. The molecule has 0 aliphatic carbocycles. The molecule has 0 saturated carbocycles. The summed E-state index contributed by atoms with van der Waals surface area (Å²) in [5.74, 6) is 0.764. The summed E-state index contributed by atoms with van der Waals surface area (Å²) in [5, 5.41) is 15.2. The fraction of sp³-hybridized carbons (Fsp3) is 0.600. The van der Waals surface area contributed by atoms with Crippen molar-refractivity contribution in [3.05, 3.63) is 16.9 Å². The van der Waals surface area contributed by atoms with Gasteiger partial charge in [-0.3, -0.25) is 15.0 Å². The smallest absolute Gasteiger partial charge is 0.240 e. The Kier molecular flexibility index (Phi) is 4.66. The zero-order valence-electron chi connectivity index (χ0n) is 13.0. The molecule has 2 heterocycles. The molecule has 2 atom stereocenters. The standard InChI is InChI=1S/C15H22N4O2/c1-9-7-19(10(2)6-17-9)8-14(20)18-15-13(5-16)11(3)12(4)21-15/h9-10,17H,6-8H2,1-4H3,(H,18,20). The lowest BCUT2D eigenvalue weighted by atomic mass is 10.1. The van der Waals surface area contributed by atoms with E-state index >= 15 is 0 Å². The van der Waals surface area contributed by atoms with Gasteiger partial charge < -0.3 is 9.73 Å². The molecule has 6 nitrogen and oxygen atoms in total. The third-order valence-electron chi connectivity index (χ3n) is 3.99. The van der Waals surface area contributed by atoms with Gasteiger partial charge in [0.05, 0.1) is 6.54 Å². The highest BCUT2D eigenvalue weighted by Crippen LogP contribution is 2.25. The normalized spacial score (nSPS) is 22.8. The summed E-state index contributed by atoms with van der Waals surface area (Å²) >= 11 is 0. The van der Waals surface area contributed by atoms with Gasteiger partial charge in [-0.05, 0) is 27.7 Å². The lowest BCUT2D eigenvalue weighted by Crippen LogP contribution is -2.55. The predicted molar refractivity (Wildman–Crippen MR) is 80.0 cm³/mol. The first kappa shape index (κ1) is 15.5. The summed E-state index contributed by atoms with van der Waals surface area (Å²) in [5.41, 5.74) is 1.18. The molecule has 21 heavy (non-hydrogen) atoms. The van der Waals surface area contributed by atoms with E-state index in [0.29, 0.717) is 30.0 Å². The molecule has 1 amide bonds. The van der Waals surface area contributed by atoms with Gasteiger partial charge in [0.15, 0.2) is 0 Å². The Balaban J connectivity index is 2.02. The van der Waals surface area contributed by atoms with E-state index in [0.717, 1.165) is 18.7 Å². The minimum atomic E-state index is -0.152. The SMILES string of the molecule is Cc1oc(NC(=O)CN2CC(C)NCC2C)c(C#N)c1C. The fourth-order valence-electron chi connectivity index (χ4n) is 2.52. The number of hydrogen-bond acceptors (Lipinski definition) is 5. The Morgan fingerprint density at radius 2 is 2.24 bits per heavy atom. The van der Waals surface area contributed by atoms with Crippen LogP contribution in [-0.4, -0.2) is 42.5 Å². The fourth-order valence-corrected chi connectivity index (χ4v) is 2.52. The number of nitriles is 1. The Morgan fingerprint density at radius 3 is 2.90 bits per heavy atom. The molecule has 0 spiro atoms. The molecule has 1 saturated heterocycles. The Hall–Kier alpha value is -1.84. The van der Waals surface area contributed by atoms with Gasteiger partial charge in [-0.25, -0.2) is 0 Å². The topological polar surface area (TPSA) is 81.3 Å². The van der Waals surface area contributed by atoms with Crippen molar-refractivity contribution >= 4 is 11.8 Å².